The first-order valence-corrected chi connectivity index (χ1v) is 7.16. The number of ether oxygens (including phenoxy) is 1. The first kappa shape index (κ1) is 13.1. The molecule has 3 rings (SSSR count). The average molecular weight is 286 g/mol. The van der Waals surface area contributed by atoms with Crippen LogP contribution in [0, 0.1) is 0 Å². The Kier molecular flexibility index (Phi) is 3.69. The van der Waals surface area contributed by atoms with Crippen LogP contribution in [0.15, 0.2) is 53.9 Å². The van der Waals surface area contributed by atoms with E-state index in [4.69, 9.17) is 4.74 Å². The first-order chi connectivity index (χ1) is 9.74. The number of aliphatic hydroxyl groups is 2. The quantitative estimate of drug-likeness (QED) is 0.722. The topological polar surface area (TPSA) is 49.7 Å². The minimum Gasteiger partial charge on any atom is -0.489 e. The molecule has 0 radical (unpaired) electrons. The lowest BCUT2D eigenvalue weighted by Gasteiger charge is -2.07. The van der Waals surface area contributed by atoms with E-state index in [0.717, 1.165) is 21.4 Å². The molecule has 3 nitrogen and oxygen atoms in total. The molecule has 0 aliphatic heterocycles. The Morgan fingerprint density at radius 2 is 1.85 bits per heavy atom. The summed E-state index contributed by atoms with van der Waals surface area (Å²) in [5.74, 6) is 0.824. The maximum Gasteiger partial charge on any atom is 0.178 e. The van der Waals surface area contributed by atoms with Gasteiger partial charge < -0.3 is 14.9 Å². The van der Waals surface area contributed by atoms with E-state index in [-0.39, 0.29) is 0 Å². The van der Waals surface area contributed by atoms with E-state index in [1.54, 1.807) is 23.5 Å². The summed E-state index contributed by atoms with van der Waals surface area (Å²) < 4.78 is 6.85. The summed E-state index contributed by atoms with van der Waals surface area (Å²) in [7, 11) is 0. The summed E-state index contributed by atoms with van der Waals surface area (Å²) in [5, 5.41) is 21.5. The molecule has 20 heavy (non-hydrogen) atoms. The Hall–Kier alpha value is -1.88. The lowest BCUT2D eigenvalue weighted by Crippen LogP contribution is -1.96. The number of benzene rings is 2. The highest BCUT2D eigenvalue weighted by atomic mass is 32.1. The number of aliphatic hydroxyl groups excluding tert-OH is 1. The van der Waals surface area contributed by atoms with Gasteiger partial charge in [0, 0.05) is 15.8 Å². The highest BCUT2D eigenvalue weighted by Crippen LogP contribution is 2.29. The van der Waals surface area contributed by atoms with E-state index in [1.165, 1.54) is 0 Å². The van der Waals surface area contributed by atoms with Crippen molar-refractivity contribution in [3.8, 4) is 5.75 Å². The molecule has 0 aliphatic carbocycles. The van der Waals surface area contributed by atoms with Gasteiger partial charge in [-0.05, 0) is 35.0 Å². The molecule has 0 bridgehead atoms. The van der Waals surface area contributed by atoms with Crippen LogP contribution in [0.25, 0.3) is 10.1 Å². The third-order valence-corrected chi connectivity index (χ3v) is 4.13. The van der Waals surface area contributed by atoms with Crippen LogP contribution in [0.3, 0.4) is 0 Å². The van der Waals surface area contributed by atoms with Gasteiger partial charge in [-0.2, -0.15) is 0 Å². The molecular weight excluding hydrogens is 272 g/mol. The van der Waals surface area contributed by atoms with Crippen molar-refractivity contribution in [1.29, 1.82) is 0 Å². The summed E-state index contributed by atoms with van der Waals surface area (Å²) >= 11 is 1.63. The molecule has 0 unspecified atom stereocenters. The zero-order valence-corrected chi connectivity index (χ0v) is 11.5. The zero-order valence-electron chi connectivity index (χ0n) is 10.7. The Morgan fingerprint density at radius 1 is 1.05 bits per heavy atom. The molecule has 2 N–H and O–H groups in total. The van der Waals surface area contributed by atoms with E-state index in [9.17, 15) is 10.2 Å². The molecule has 0 atom stereocenters. The van der Waals surface area contributed by atoms with Gasteiger partial charge in [0.05, 0.1) is 0 Å². The minimum atomic E-state index is -1.44. The van der Waals surface area contributed by atoms with Crippen molar-refractivity contribution in [2.75, 3.05) is 0 Å². The normalized spacial score (nSPS) is 11.2. The van der Waals surface area contributed by atoms with Gasteiger partial charge in [0.2, 0.25) is 0 Å². The molecule has 1 aromatic heterocycles. The molecule has 0 amide bonds. The first-order valence-electron chi connectivity index (χ1n) is 6.28. The molecule has 0 spiro atoms. The van der Waals surface area contributed by atoms with Crippen molar-refractivity contribution in [3.63, 3.8) is 0 Å². The second-order valence-electron chi connectivity index (χ2n) is 4.49. The Morgan fingerprint density at radius 3 is 2.60 bits per heavy atom. The summed E-state index contributed by atoms with van der Waals surface area (Å²) in [6, 6.07) is 15.1. The van der Waals surface area contributed by atoms with Crippen LogP contribution < -0.4 is 4.74 Å². The lowest BCUT2D eigenvalue weighted by molar-refractivity contribution is -0.0423. The summed E-state index contributed by atoms with van der Waals surface area (Å²) in [5.41, 5.74) is 1.55. The fourth-order valence-corrected chi connectivity index (χ4v) is 2.98. The van der Waals surface area contributed by atoms with Gasteiger partial charge in [0.1, 0.15) is 12.4 Å². The van der Waals surface area contributed by atoms with Crippen molar-refractivity contribution in [1.82, 2.24) is 0 Å². The van der Waals surface area contributed by atoms with Crippen LogP contribution in [0.2, 0.25) is 0 Å². The number of thiophene rings is 1. The fraction of sp³-hybridized carbons (Fsp3) is 0.125. The molecule has 1 heterocycles. The van der Waals surface area contributed by atoms with Gasteiger partial charge in [-0.25, -0.2) is 0 Å². The average Bonchev–Trinajstić information content (AvgIpc) is 2.88. The summed E-state index contributed by atoms with van der Waals surface area (Å²) in [6.07, 6.45) is -1.44. The summed E-state index contributed by atoms with van der Waals surface area (Å²) in [6.45, 7) is 0.467. The Balaban J connectivity index is 1.86. The van der Waals surface area contributed by atoms with Gasteiger partial charge in [-0.1, -0.05) is 24.3 Å². The third kappa shape index (κ3) is 2.67. The predicted molar refractivity (Wildman–Crippen MR) is 79.8 cm³/mol. The highest BCUT2D eigenvalue weighted by Gasteiger charge is 2.09. The van der Waals surface area contributed by atoms with Crippen LogP contribution in [0.5, 0.6) is 5.75 Å². The smallest absolute Gasteiger partial charge is 0.178 e. The molecule has 4 heteroatoms. The largest absolute Gasteiger partial charge is 0.489 e. The highest BCUT2D eigenvalue weighted by molar-refractivity contribution is 7.17. The van der Waals surface area contributed by atoms with Crippen LogP contribution in [-0.2, 0) is 6.61 Å². The fourth-order valence-electron chi connectivity index (χ4n) is 2.05. The van der Waals surface area contributed by atoms with Crippen molar-refractivity contribution >= 4 is 21.4 Å². The van der Waals surface area contributed by atoms with Gasteiger partial charge in [-0.15, -0.1) is 11.3 Å². The van der Waals surface area contributed by atoms with Crippen molar-refractivity contribution in [3.05, 3.63) is 65.0 Å². The number of hydrogen-bond acceptors (Lipinski definition) is 4. The van der Waals surface area contributed by atoms with Crippen molar-refractivity contribution in [2.24, 2.45) is 0 Å². The maximum absolute atomic E-state index is 9.25. The molecular formula is C16H14O3S. The van der Waals surface area contributed by atoms with Gasteiger partial charge >= 0.3 is 0 Å². The molecule has 0 aliphatic rings. The third-order valence-electron chi connectivity index (χ3n) is 3.11. The number of fused-ring (bicyclic) bond motifs is 1. The van der Waals surface area contributed by atoms with E-state index in [2.05, 4.69) is 0 Å². The second-order valence-corrected chi connectivity index (χ2v) is 5.40. The van der Waals surface area contributed by atoms with Crippen LogP contribution in [-0.4, -0.2) is 10.2 Å². The van der Waals surface area contributed by atoms with Crippen molar-refractivity contribution in [2.45, 2.75) is 12.9 Å². The van der Waals surface area contributed by atoms with Crippen LogP contribution >= 0.6 is 11.3 Å². The molecule has 2 aromatic carbocycles. The van der Waals surface area contributed by atoms with Crippen LogP contribution in [0.4, 0.5) is 0 Å². The monoisotopic (exact) mass is 286 g/mol. The molecule has 0 saturated carbocycles. The SMILES string of the molecule is OC(O)c1ccc2scc(COc3ccccc3)c2c1. The number of rotatable bonds is 4. The van der Waals surface area contributed by atoms with E-state index >= 15 is 0 Å². The van der Waals surface area contributed by atoms with E-state index in [0.29, 0.717) is 12.2 Å². The molecule has 102 valence electrons. The zero-order chi connectivity index (χ0) is 13.9. The number of hydrogen-bond donors (Lipinski definition) is 2. The predicted octanol–water partition coefficient (Wildman–Crippen LogP) is 3.46. The minimum absolute atomic E-state index is 0.467. The summed E-state index contributed by atoms with van der Waals surface area (Å²) in [4.78, 5) is 0. The van der Waals surface area contributed by atoms with Crippen LogP contribution in [0.1, 0.15) is 17.4 Å². The molecule has 3 aromatic rings. The van der Waals surface area contributed by atoms with E-state index in [1.807, 2.05) is 41.8 Å². The molecule has 0 saturated heterocycles. The lowest BCUT2D eigenvalue weighted by atomic mass is 10.1. The molecule has 0 fully saturated rings. The van der Waals surface area contributed by atoms with Gasteiger partial charge in [-0.3, -0.25) is 0 Å². The standard InChI is InChI=1S/C16H14O3S/c17-16(18)11-6-7-15-14(8-11)12(10-20-15)9-19-13-4-2-1-3-5-13/h1-8,10,16-18H,9H2. The second kappa shape index (κ2) is 5.63. The van der Waals surface area contributed by atoms with Gasteiger partial charge in [0.25, 0.3) is 0 Å². The van der Waals surface area contributed by atoms with Crippen molar-refractivity contribution < 1.29 is 14.9 Å². The maximum atomic E-state index is 9.25. The number of para-hydroxylation sites is 1. The Labute approximate surface area is 120 Å². The van der Waals surface area contributed by atoms with E-state index < -0.39 is 6.29 Å². The Bertz CT molecular complexity index is 704. The van der Waals surface area contributed by atoms with Gasteiger partial charge in [0.15, 0.2) is 6.29 Å².